The minimum atomic E-state index is -0.101. The van der Waals surface area contributed by atoms with Crippen LogP contribution in [-0.2, 0) is 4.74 Å². The molecule has 1 fully saturated rings. The van der Waals surface area contributed by atoms with E-state index in [1.165, 1.54) is 22.7 Å². The average molecular weight is 409 g/mol. The highest BCUT2D eigenvalue weighted by Crippen LogP contribution is 2.36. The normalized spacial score (nSPS) is 16.9. The molecule has 0 saturated carbocycles. The van der Waals surface area contributed by atoms with Crippen LogP contribution in [0.4, 0.5) is 5.13 Å². The number of para-hydroxylation sites is 1. The van der Waals surface area contributed by atoms with Crippen molar-refractivity contribution in [3.8, 4) is 5.75 Å². The molecule has 8 heteroatoms. The lowest BCUT2D eigenvalue weighted by Gasteiger charge is -2.22. The summed E-state index contributed by atoms with van der Waals surface area (Å²) < 4.78 is 12.7. The Kier molecular flexibility index (Phi) is 5.13. The minimum Gasteiger partial charge on any atom is -0.494 e. The number of halogens is 1. The largest absolute Gasteiger partial charge is 0.494 e. The first-order valence-electron chi connectivity index (χ1n) is 8.28. The van der Waals surface area contributed by atoms with Gasteiger partial charge >= 0.3 is 0 Å². The van der Waals surface area contributed by atoms with E-state index in [0.717, 1.165) is 29.7 Å². The lowest BCUT2D eigenvalue weighted by molar-refractivity contribution is 0.0920. The van der Waals surface area contributed by atoms with Crippen molar-refractivity contribution in [3.63, 3.8) is 0 Å². The maximum absolute atomic E-state index is 13.1. The molecule has 5 nitrogen and oxygen atoms in total. The number of benzene rings is 1. The summed E-state index contributed by atoms with van der Waals surface area (Å²) in [7, 11) is 1.62. The number of thiophene rings is 1. The highest BCUT2D eigenvalue weighted by atomic mass is 35.5. The molecule has 1 aromatic carbocycles. The van der Waals surface area contributed by atoms with Gasteiger partial charge in [-0.2, -0.15) is 0 Å². The fourth-order valence-electron chi connectivity index (χ4n) is 2.99. The lowest BCUT2D eigenvalue weighted by atomic mass is 10.2. The van der Waals surface area contributed by atoms with E-state index in [4.69, 9.17) is 26.1 Å². The van der Waals surface area contributed by atoms with E-state index in [1.54, 1.807) is 24.1 Å². The fraction of sp³-hybridized carbons (Fsp3) is 0.333. The Hall–Kier alpha value is -1.67. The number of carbonyl (C=O) groups excluding carboxylic acids is 1. The number of hydrogen-bond donors (Lipinski definition) is 0. The molecular weight excluding hydrogens is 392 g/mol. The monoisotopic (exact) mass is 408 g/mol. The standard InChI is InChI=1S/C18H17ClN2O3S2/c1-23-12-5-2-6-13-16(12)20-18(26-13)21(10-11-4-3-9-24-11)17(22)14-7-8-15(19)25-14/h2,5-8,11H,3-4,9-10H2,1H3. The number of anilines is 1. The molecule has 2 aromatic heterocycles. The first kappa shape index (κ1) is 17.7. The summed E-state index contributed by atoms with van der Waals surface area (Å²) in [6.07, 6.45) is 2.00. The van der Waals surface area contributed by atoms with Crippen LogP contribution in [0.15, 0.2) is 30.3 Å². The Balaban J connectivity index is 1.73. The zero-order valence-electron chi connectivity index (χ0n) is 14.1. The van der Waals surface area contributed by atoms with Gasteiger partial charge in [0.25, 0.3) is 5.91 Å². The summed E-state index contributed by atoms with van der Waals surface area (Å²) in [4.78, 5) is 20.1. The number of thiazole rings is 1. The van der Waals surface area contributed by atoms with Crippen molar-refractivity contribution in [3.05, 3.63) is 39.5 Å². The van der Waals surface area contributed by atoms with Crippen molar-refractivity contribution in [2.75, 3.05) is 25.2 Å². The van der Waals surface area contributed by atoms with E-state index >= 15 is 0 Å². The molecule has 3 heterocycles. The molecule has 0 bridgehead atoms. The molecule has 1 unspecified atom stereocenters. The SMILES string of the molecule is COc1cccc2sc(N(CC3CCCO3)C(=O)c3ccc(Cl)s3)nc12. The molecule has 3 aromatic rings. The van der Waals surface area contributed by atoms with Crippen molar-refractivity contribution >= 4 is 55.5 Å². The van der Waals surface area contributed by atoms with Crippen molar-refractivity contribution in [1.82, 2.24) is 4.98 Å². The lowest BCUT2D eigenvalue weighted by Crippen LogP contribution is -2.37. The molecular formula is C18H17ClN2O3S2. The Labute approximate surface area is 164 Å². The Morgan fingerprint density at radius 2 is 2.27 bits per heavy atom. The van der Waals surface area contributed by atoms with E-state index in [9.17, 15) is 4.79 Å². The number of nitrogens with zero attached hydrogens (tertiary/aromatic N) is 2. The zero-order valence-corrected chi connectivity index (χ0v) is 16.5. The second-order valence-electron chi connectivity index (χ2n) is 5.96. The van der Waals surface area contributed by atoms with Gasteiger partial charge in [0.2, 0.25) is 0 Å². The van der Waals surface area contributed by atoms with Crippen LogP contribution in [0.3, 0.4) is 0 Å². The van der Waals surface area contributed by atoms with Crippen LogP contribution in [0.2, 0.25) is 4.34 Å². The number of aromatic nitrogens is 1. The molecule has 1 aliphatic rings. The molecule has 26 heavy (non-hydrogen) atoms. The third kappa shape index (κ3) is 3.44. The second kappa shape index (κ2) is 7.52. The quantitative estimate of drug-likeness (QED) is 0.605. The summed E-state index contributed by atoms with van der Waals surface area (Å²) >= 11 is 8.78. The molecule has 0 spiro atoms. The number of amides is 1. The van der Waals surface area contributed by atoms with E-state index in [2.05, 4.69) is 0 Å². The summed E-state index contributed by atoms with van der Waals surface area (Å²) in [5.74, 6) is 0.601. The summed E-state index contributed by atoms with van der Waals surface area (Å²) in [5.41, 5.74) is 0.768. The van der Waals surface area contributed by atoms with Gasteiger partial charge < -0.3 is 9.47 Å². The smallest absolute Gasteiger partial charge is 0.270 e. The highest BCUT2D eigenvalue weighted by Gasteiger charge is 2.28. The van der Waals surface area contributed by atoms with Crippen LogP contribution in [0.1, 0.15) is 22.5 Å². The molecule has 1 saturated heterocycles. The third-order valence-electron chi connectivity index (χ3n) is 4.26. The van der Waals surface area contributed by atoms with Gasteiger partial charge in [-0.1, -0.05) is 29.0 Å². The Morgan fingerprint density at radius 3 is 2.96 bits per heavy atom. The van der Waals surface area contributed by atoms with Crippen LogP contribution in [0, 0.1) is 0 Å². The number of ether oxygens (including phenoxy) is 2. The van der Waals surface area contributed by atoms with Gasteiger partial charge in [-0.15, -0.1) is 11.3 Å². The second-order valence-corrected chi connectivity index (χ2v) is 8.68. The first-order chi connectivity index (χ1) is 12.7. The van der Waals surface area contributed by atoms with Crippen molar-refractivity contribution < 1.29 is 14.3 Å². The molecule has 0 aliphatic carbocycles. The number of fused-ring (bicyclic) bond motifs is 1. The van der Waals surface area contributed by atoms with Gasteiger partial charge in [0.1, 0.15) is 11.3 Å². The predicted octanol–water partition coefficient (Wildman–Crippen LogP) is 4.85. The molecule has 1 aliphatic heterocycles. The Bertz CT molecular complexity index is 934. The van der Waals surface area contributed by atoms with Crippen LogP contribution >= 0.6 is 34.3 Å². The summed E-state index contributed by atoms with van der Waals surface area (Å²) in [5, 5.41) is 0.648. The minimum absolute atomic E-state index is 0.0308. The van der Waals surface area contributed by atoms with Crippen molar-refractivity contribution in [2.24, 2.45) is 0 Å². The highest BCUT2D eigenvalue weighted by molar-refractivity contribution is 7.22. The van der Waals surface area contributed by atoms with Crippen LogP contribution < -0.4 is 9.64 Å². The summed E-state index contributed by atoms with van der Waals surface area (Å²) in [6.45, 7) is 1.22. The molecule has 0 radical (unpaired) electrons. The van der Waals surface area contributed by atoms with E-state index in [-0.39, 0.29) is 12.0 Å². The topological polar surface area (TPSA) is 51.7 Å². The van der Waals surface area contributed by atoms with E-state index in [1.807, 2.05) is 18.2 Å². The van der Waals surface area contributed by atoms with Crippen molar-refractivity contribution in [2.45, 2.75) is 18.9 Å². The number of carbonyl (C=O) groups is 1. The van der Waals surface area contributed by atoms with Gasteiger partial charge in [-0.25, -0.2) is 4.98 Å². The van der Waals surface area contributed by atoms with Crippen LogP contribution in [-0.4, -0.2) is 37.3 Å². The average Bonchev–Trinajstić information content (AvgIpc) is 3.38. The van der Waals surface area contributed by atoms with Crippen LogP contribution in [0.5, 0.6) is 5.75 Å². The number of methoxy groups -OCH3 is 1. The number of hydrogen-bond acceptors (Lipinski definition) is 6. The van der Waals surface area contributed by atoms with Gasteiger partial charge in [0.05, 0.1) is 33.7 Å². The zero-order chi connectivity index (χ0) is 18.1. The summed E-state index contributed by atoms with van der Waals surface area (Å²) in [6, 6.07) is 9.28. The first-order valence-corrected chi connectivity index (χ1v) is 10.3. The van der Waals surface area contributed by atoms with Gasteiger partial charge in [0.15, 0.2) is 5.13 Å². The third-order valence-corrected chi connectivity index (χ3v) is 6.52. The van der Waals surface area contributed by atoms with E-state index in [0.29, 0.717) is 26.6 Å². The predicted molar refractivity (Wildman–Crippen MR) is 106 cm³/mol. The van der Waals surface area contributed by atoms with Gasteiger partial charge in [-0.3, -0.25) is 9.69 Å². The van der Waals surface area contributed by atoms with E-state index < -0.39 is 0 Å². The molecule has 0 N–H and O–H groups in total. The Morgan fingerprint density at radius 1 is 1.38 bits per heavy atom. The maximum atomic E-state index is 13.1. The molecule has 1 atom stereocenters. The number of rotatable bonds is 5. The molecule has 4 rings (SSSR count). The molecule has 1 amide bonds. The maximum Gasteiger partial charge on any atom is 0.270 e. The van der Waals surface area contributed by atoms with Crippen molar-refractivity contribution in [1.29, 1.82) is 0 Å². The fourth-order valence-corrected chi connectivity index (χ4v) is 4.98. The van der Waals surface area contributed by atoms with Gasteiger partial charge in [-0.05, 0) is 37.1 Å². The molecule has 136 valence electrons. The van der Waals surface area contributed by atoms with Gasteiger partial charge in [0, 0.05) is 6.61 Å². The van der Waals surface area contributed by atoms with Crippen LogP contribution in [0.25, 0.3) is 10.2 Å².